The van der Waals surface area contributed by atoms with Crippen LogP contribution in [0.25, 0.3) is 0 Å². The van der Waals surface area contributed by atoms with E-state index in [0.29, 0.717) is 6.10 Å². The number of hydrogen-bond acceptors (Lipinski definition) is 1. The summed E-state index contributed by atoms with van der Waals surface area (Å²) in [5, 5.41) is 0. The lowest BCUT2D eigenvalue weighted by atomic mass is 10.2. The van der Waals surface area contributed by atoms with Crippen molar-refractivity contribution in [2.75, 3.05) is 0 Å². The molecule has 0 aliphatic carbocycles. The highest BCUT2D eigenvalue weighted by molar-refractivity contribution is 4.74. The minimum Gasteiger partial charge on any atom is -0.369 e. The first kappa shape index (κ1) is 9.96. The molecule has 1 atom stereocenters. The molecule has 0 aliphatic heterocycles. The normalized spacial score (nSPS) is 14.1. The summed E-state index contributed by atoms with van der Waals surface area (Å²) in [5.41, 5.74) is 0. The second-order valence-corrected chi connectivity index (χ2v) is 2.58. The SMILES string of the molecule is CC[C](CC)OC(C)CC. The zero-order chi connectivity index (χ0) is 7.98. The van der Waals surface area contributed by atoms with E-state index in [1.807, 2.05) is 0 Å². The third kappa shape index (κ3) is 3.89. The lowest BCUT2D eigenvalue weighted by Gasteiger charge is -2.17. The predicted octanol–water partition coefficient (Wildman–Crippen LogP) is 3.15. The van der Waals surface area contributed by atoms with Crippen LogP contribution >= 0.6 is 0 Å². The zero-order valence-electron chi connectivity index (χ0n) is 7.61. The topological polar surface area (TPSA) is 9.23 Å². The highest BCUT2D eigenvalue weighted by atomic mass is 16.5. The monoisotopic (exact) mass is 143 g/mol. The van der Waals surface area contributed by atoms with Crippen LogP contribution in [-0.2, 0) is 4.74 Å². The highest BCUT2D eigenvalue weighted by Gasteiger charge is 2.07. The quantitative estimate of drug-likeness (QED) is 0.574. The van der Waals surface area contributed by atoms with Crippen molar-refractivity contribution in [3.8, 4) is 0 Å². The minimum absolute atomic E-state index is 0.398. The molecule has 0 saturated carbocycles. The predicted molar refractivity (Wildman–Crippen MR) is 44.7 cm³/mol. The standard InChI is InChI=1S/C9H19O/c1-5-8(4)10-9(6-2)7-3/h8H,5-7H2,1-4H3. The van der Waals surface area contributed by atoms with Crippen LogP contribution in [0.5, 0.6) is 0 Å². The molecule has 0 heterocycles. The van der Waals surface area contributed by atoms with Crippen molar-refractivity contribution in [3.05, 3.63) is 6.10 Å². The summed E-state index contributed by atoms with van der Waals surface area (Å²) in [5.74, 6) is 0. The van der Waals surface area contributed by atoms with Crippen molar-refractivity contribution in [3.63, 3.8) is 0 Å². The Balaban J connectivity index is 3.41. The molecule has 0 aromatic heterocycles. The Kier molecular flexibility index (Phi) is 5.70. The first-order valence-electron chi connectivity index (χ1n) is 4.25. The van der Waals surface area contributed by atoms with Gasteiger partial charge in [-0.2, -0.15) is 0 Å². The van der Waals surface area contributed by atoms with Gasteiger partial charge in [-0.15, -0.1) is 0 Å². The van der Waals surface area contributed by atoms with Gasteiger partial charge in [0.05, 0.1) is 12.2 Å². The second kappa shape index (κ2) is 5.72. The maximum Gasteiger partial charge on any atom is 0.0969 e. The van der Waals surface area contributed by atoms with Gasteiger partial charge in [0, 0.05) is 0 Å². The summed E-state index contributed by atoms with van der Waals surface area (Å²) in [4.78, 5) is 0. The van der Waals surface area contributed by atoms with E-state index in [1.54, 1.807) is 0 Å². The van der Waals surface area contributed by atoms with Gasteiger partial charge in [0.2, 0.25) is 0 Å². The molecule has 0 fully saturated rings. The third-order valence-corrected chi connectivity index (χ3v) is 1.73. The van der Waals surface area contributed by atoms with E-state index in [0.717, 1.165) is 19.3 Å². The molecule has 61 valence electrons. The van der Waals surface area contributed by atoms with Gasteiger partial charge in [-0.3, -0.25) is 0 Å². The van der Waals surface area contributed by atoms with Crippen LogP contribution in [0.3, 0.4) is 0 Å². The molecule has 0 aromatic carbocycles. The van der Waals surface area contributed by atoms with Crippen molar-refractivity contribution >= 4 is 0 Å². The average Bonchev–Trinajstić information content (AvgIpc) is 1.99. The molecule has 0 rings (SSSR count). The van der Waals surface area contributed by atoms with E-state index in [4.69, 9.17) is 4.74 Å². The summed E-state index contributed by atoms with van der Waals surface area (Å²) >= 11 is 0. The van der Waals surface area contributed by atoms with Gasteiger partial charge in [0.1, 0.15) is 0 Å². The minimum atomic E-state index is 0.398. The molecule has 0 N–H and O–H groups in total. The lowest BCUT2D eigenvalue weighted by Crippen LogP contribution is -2.10. The van der Waals surface area contributed by atoms with E-state index in [-0.39, 0.29) is 0 Å². The van der Waals surface area contributed by atoms with Crippen LogP contribution in [0.4, 0.5) is 0 Å². The average molecular weight is 143 g/mol. The van der Waals surface area contributed by atoms with Crippen LogP contribution < -0.4 is 0 Å². The number of rotatable bonds is 5. The Morgan fingerprint density at radius 1 is 1.20 bits per heavy atom. The Labute approximate surface area is 64.8 Å². The second-order valence-electron chi connectivity index (χ2n) is 2.58. The highest BCUT2D eigenvalue weighted by Crippen LogP contribution is 2.15. The van der Waals surface area contributed by atoms with Gasteiger partial charge in [0.25, 0.3) is 0 Å². The molecule has 1 heteroatoms. The fourth-order valence-electron chi connectivity index (χ4n) is 0.785. The van der Waals surface area contributed by atoms with Crippen molar-refractivity contribution in [2.45, 2.75) is 53.1 Å². The van der Waals surface area contributed by atoms with Crippen molar-refractivity contribution < 1.29 is 4.74 Å². The Morgan fingerprint density at radius 3 is 2.00 bits per heavy atom. The van der Waals surface area contributed by atoms with Crippen LogP contribution in [-0.4, -0.2) is 6.10 Å². The first-order valence-corrected chi connectivity index (χ1v) is 4.25. The van der Waals surface area contributed by atoms with Gasteiger partial charge in [-0.05, 0) is 26.2 Å². The summed E-state index contributed by atoms with van der Waals surface area (Å²) in [6, 6.07) is 0. The zero-order valence-corrected chi connectivity index (χ0v) is 7.61. The van der Waals surface area contributed by atoms with E-state index in [1.165, 1.54) is 6.10 Å². The Morgan fingerprint density at radius 2 is 1.70 bits per heavy atom. The molecule has 0 saturated heterocycles. The third-order valence-electron chi connectivity index (χ3n) is 1.73. The summed E-state index contributed by atoms with van der Waals surface area (Å²) in [7, 11) is 0. The lowest BCUT2D eigenvalue weighted by molar-refractivity contribution is 0.0640. The number of hydrogen-bond donors (Lipinski definition) is 0. The molecule has 1 radical (unpaired) electrons. The van der Waals surface area contributed by atoms with E-state index in [9.17, 15) is 0 Å². The van der Waals surface area contributed by atoms with Gasteiger partial charge in [0.15, 0.2) is 0 Å². The van der Waals surface area contributed by atoms with E-state index >= 15 is 0 Å². The fourth-order valence-corrected chi connectivity index (χ4v) is 0.785. The Hall–Kier alpha value is -0.0400. The molecular formula is C9H19O. The van der Waals surface area contributed by atoms with Gasteiger partial charge in [-0.25, -0.2) is 0 Å². The molecule has 1 nitrogen and oxygen atoms in total. The summed E-state index contributed by atoms with van der Waals surface area (Å²) in [6.45, 7) is 8.54. The van der Waals surface area contributed by atoms with Gasteiger partial charge < -0.3 is 4.74 Å². The Bertz CT molecular complexity index is 67.1. The molecule has 10 heavy (non-hydrogen) atoms. The van der Waals surface area contributed by atoms with Gasteiger partial charge in [-0.1, -0.05) is 20.8 Å². The largest absolute Gasteiger partial charge is 0.369 e. The van der Waals surface area contributed by atoms with Crippen molar-refractivity contribution in [1.29, 1.82) is 0 Å². The first-order chi connectivity index (χ1) is 4.74. The molecule has 0 aliphatic rings. The molecule has 0 aromatic rings. The van der Waals surface area contributed by atoms with Crippen LogP contribution in [0.1, 0.15) is 47.0 Å². The molecule has 1 unspecified atom stereocenters. The van der Waals surface area contributed by atoms with Crippen LogP contribution in [0, 0.1) is 6.10 Å². The number of ether oxygens (including phenoxy) is 1. The fraction of sp³-hybridized carbons (Fsp3) is 0.889. The maximum absolute atomic E-state index is 5.61. The molecule has 0 spiro atoms. The molecule has 0 bridgehead atoms. The van der Waals surface area contributed by atoms with Crippen LogP contribution in [0.15, 0.2) is 0 Å². The molecular weight excluding hydrogens is 124 g/mol. The van der Waals surface area contributed by atoms with E-state index in [2.05, 4.69) is 27.7 Å². The van der Waals surface area contributed by atoms with Crippen molar-refractivity contribution in [2.24, 2.45) is 0 Å². The smallest absolute Gasteiger partial charge is 0.0969 e. The van der Waals surface area contributed by atoms with Gasteiger partial charge >= 0.3 is 0 Å². The summed E-state index contributed by atoms with van der Waals surface area (Å²) < 4.78 is 5.61. The maximum atomic E-state index is 5.61. The van der Waals surface area contributed by atoms with E-state index < -0.39 is 0 Å². The molecule has 0 amide bonds. The summed E-state index contributed by atoms with van der Waals surface area (Å²) in [6.07, 6.45) is 4.84. The van der Waals surface area contributed by atoms with Crippen molar-refractivity contribution in [1.82, 2.24) is 0 Å². The van der Waals surface area contributed by atoms with Crippen LogP contribution in [0.2, 0.25) is 0 Å².